The lowest BCUT2D eigenvalue weighted by Gasteiger charge is -2.32. The summed E-state index contributed by atoms with van der Waals surface area (Å²) in [5.41, 5.74) is 1.24. The molecule has 0 amide bonds. The molecule has 0 aliphatic carbocycles. The van der Waals surface area contributed by atoms with Crippen LogP contribution in [0.2, 0.25) is 0 Å². The van der Waals surface area contributed by atoms with E-state index in [-0.39, 0.29) is 11.5 Å². The molecule has 6 nitrogen and oxygen atoms in total. The van der Waals surface area contributed by atoms with Gasteiger partial charge in [-0.1, -0.05) is 19.9 Å². The van der Waals surface area contributed by atoms with E-state index in [9.17, 15) is 0 Å². The Balaban J connectivity index is 1.54. The van der Waals surface area contributed by atoms with Crippen LogP contribution in [0.1, 0.15) is 31.2 Å². The van der Waals surface area contributed by atoms with Gasteiger partial charge in [-0.15, -0.1) is 11.3 Å². The minimum atomic E-state index is 0.0582. The monoisotopic (exact) mass is 401 g/mol. The first kappa shape index (κ1) is 20.6. The predicted molar refractivity (Wildman–Crippen MR) is 117 cm³/mol. The Morgan fingerprint density at radius 2 is 2.25 bits per heavy atom. The lowest BCUT2D eigenvalue weighted by atomic mass is 9.91. The summed E-state index contributed by atoms with van der Waals surface area (Å²) in [6.45, 7) is 10.6. The molecule has 152 valence electrons. The number of hydrogen-bond acceptors (Lipinski definition) is 5. The van der Waals surface area contributed by atoms with Gasteiger partial charge in [-0.05, 0) is 36.1 Å². The zero-order valence-electron chi connectivity index (χ0n) is 17.2. The largest absolute Gasteiger partial charge is 0.375 e. The van der Waals surface area contributed by atoms with Crippen molar-refractivity contribution >= 4 is 23.1 Å². The van der Waals surface area contributed by atoms with Crippen LogP contribution in [0, 0.1) is 0 Å². The molecule has 2 aromatic heterocycles. The van der Waals surface area contributed by atoms with E-state index in [1.165, 1.54) is 10.4 Å². The van der Waals surface area contributed by atoms with E-state index in [1.807, 2.05) is 12.3 Å². The van der Waals surface area contributed by atoms with Gasteiger partial charge in [-0.3, -0.25) is 4.99 Å². The maximum absolute atomic E-state index is 5.63. The summed E-state index contributed by atoms with van der Waals surface area (Å²) in [7, 11) is 1.81. The van der Waals surface area contributed by atoms with E-state index < -0.39 is 0 Å². The fourth-order valence-corrected chi connectivity index (χ4v) is 4.08. The smallest absolute Gasteiger partial charge is 0.191 e. The molecule has 1 unspecified atom stereocenters. The minimum absolute atomic E-state index is 0.0582. The number of nitrogens with zero attached hydrogens (tertiary/aromatic N) is 3. The summed E-state index contributed by atoms with van der Waals surface area (Å²) in [6.07, 6.45) is 2.12. The molecule has 3 rings (SSSR count). The number of ether oxygens (including phenoxy) is 1. The highest BCUT2D eigenvalue weighted by Gasteiger charge is 2.22. The second kappa shape index (κ2) is 9.39. The first-order valence-corrected chi connectivity index (χ1v) is 10.7. The highest BCUT2D eigenvalue weighted by molar-refractivity contribution is 7.10. The number of aromatic nitrogens is 1. The molecule has 1 saturated heterocycles. The Morgan fingerprint density at radius 3 is 2.96 bits per heavy atom. The highest BCUT2D eigenvalue weighted by atomic mass is 32.1. The molecule has 28 heavy (non-hydrogen) atoms. The fourth-order valence-electron chi connectivity index (χ4n) is 3.23. The van der Waals surface area contributed by atoms with Gasteiger partial charge < -0.3 is 20.3 Å². The van der Waals surface area contributed by atoms with Crippen molar-refractivity contribution in [2.45, 2.75) is 38.8 Å². The minimum Gasteiger partial charge on any atom is -0.375 e. The zero-order valence-corrected chi connectivity index (χ0v) is 18.1. The van der Waals surface area contributed by atoms with Gasteiger partial charge >= 0.3 is 0 Å². The lowest BCUT2D eigenvalue weighted by molar-refractivity contribution is 0.0529. The molecule has 2 N–H and O–H groups in total. The number of hydrogen-bond donors (Lipinski definition) is 2. The third-order valence-electron chi connectivity index (χ3n) is 4.94. The quantitative estimate of drug-likeness (QED) is 0.576. The van der Waals surface area contributed by atoms with Gasteiger partial charge in [0.25, 0.3) is 0 Å². The molecule has 0 saturated carbocycles. The Labute approximate surface area is 172 Å². The van der Waals surface area contributed by atoms with Crippen LogP contribution >= 0.6 is 11.3 Å². The molecule has 1 atom stereocenters. The second-order valence-corrected chi connectivity index (χ2v) is 8.74. The highest BCUT2D eigenvalue weighted by Crippen LogP contribution is 2.26. The molecule has 0 radical (unpaired) electrons. The standard InChI is InChI=1S/C21H31N5OS/c1-16-14-26(9-10-27-16)19-12-17(7-8-23-19)13-24-20(22-4)25-15-21(2,3)18-6-5-11-28-18/h5-8,11-12,16H,9-10,13-15H2,1-4H3,(H2,22,24,25). The third kappa shape index (κ3) is 5.45. The van der Waals surface area contributed by atoms with E-state index in [0.29, 0.717) is 6.54 Å². The Kier molecular flexibility index (Phi) is 6.91. The summed E-state index contributed by atoms with van der Waals surface area (Å²) < 4.78 is 5.63. The SMILES string of the molecule is CN=C(NCc1ccnc(N2CCOC(C)C2)c1)NCC(C)(C)c1cccs1. The van der Waals surface area contributed by atoms with Crippen LogP contribution < -0.4 is 15.5 Å². The maximum Gasteiger partial charge on any atom is 0.191 e. The average Bonchev–Trinajstić information content (AvgIpc) is 3.24. The third-order valence-corrected chi connectivity index (χ3v) is 6.18. The molecule has 0 aromatic carbocycles. The van der Waals surface area contributed by atoms with E-state index in [0.717, 1.165) is 38.0 Å². The number of rotatable bonds is 6. The van der Waals surface area contributed by atoms with E-state index in [4.69, 9.17) is 4.74 Å². The van der Waals surface area contributed by atoms with Gasteiger partial charge in [0.05, 0.1) is 12.7 Å². The van der Waals surface area contributed by atoms with Crippen molar-refractivity contribution in [3.8, 4) is 0 Å². The molecule has 2 aromatic rings. The number of morpholine rings is 1. The number of aliphatic imine (C=N–C) groups is 1. The Bertz CT molecular complexity index is 775. The molecule has 0 bridgehead atoms. The van der Waals surface area contributed by atoms with Crippen LogP contribution in [0.4, 0.5) is 5.82 Å². The summed E-state index contributed by atoms with van der Waals surface area (Å²) in [5, 5.41) is 8.99. The summed E-state index contributed by atoms with van der Waals surface area (Å²) in [6, 6.07) is 8.48. The van der Waals surface area contributed by atoms with E-state index >= 15 is 0 Å². The average molecular weight is 402 g/mol. The topological polar surface area (TPSA) is 61.8 Å². The number of pyridine rings is 1. The Hall–Kier alpha value is -2.12. The number of thiophene rings is 1. The van der Waals surface area contributed by atoms with Crippen LogP contribution in [0.15, 0.2) is 40.8 Å². The van der Waals surface area contributed by atoms with Gasteiger partial charge in [0, 0.05) is 49.7 Å². The first-order chi connectivity index (χ1) is 13.5. The van der Waals surface area contributed by atoms with Crippen LogP contribution in [0.5, 0.6) is 0 Å². The van der Waals surface area contributed by atoms with Gasteiger partial charge in [-0.25, -0.2) is 4.98 Å². The second-order valence-electron chi connectivity index (χ2n) is 7.79. The van der Waals surface area contributed by atoms with Crippen molar-refractivity contribution in [3.63, 3.8) is 0 Å². The molecule has 3 heterocycles. The molecule has 7 heteroatoms. The van der Waals surface area contributed by atoms with Crippen molar-refractivity contribution in [2.75, 3.05) is 38.2 Å². The van der Waals surface area contributed by atoms with Gasteiger partial charge in [0.1, 0.15) is 5.82 Å². The summed E-state index contributed by atoms with van der Waals surface area (Å²) >= 11 is 1.79. The van der Waals surface area contributed by atoms with Crippen LogP contribution in [-0.4, -0.2) is 50.3 Å². The molecule has 1 aliphatic heterocycles. The lowest BCUT2D eigenvalue weighted by Crippen LogP contribution is -2.43. The van der Waals surface area contributed by atoms with Crippen LogP contribution in [0.25, 0.3) is 0 Å². The molecular weight excluding hydrogens is 370 g/mol. The van der Waals surface area contributed by atoms with Crippen molar-refractivity contribution < 1.29 is 4.74 Å². The van der Waals surface area contributed by atoms with E-state index in [1.54, 1.807) is 18.4 Å². The molecule has 1 fully saturated rings. The Morgan fingerprint density at radius 1 is 1.39 bits per heavy atom. The van der Waals surface area contributed by atoms with Gasteiger partial charge in [0.15, 0.2) is 5.96 Å². The van der Waals surface area contributed by atoms with Crippen molar-refractivity contribution in [2.24, 2.45) is 4.99 Å². The van der Waals surface area contributed by atoms with Crippen molar-refractivity contribution in [1.29, 1.82) is 0 Å². The van der Waals surface area contributed by atoms with Crippen molar-refractivity contribution in [1.82, 2.24) is 15.6 Å². The molecule has 1 aliphatic rings. The van der Waals surface area contributed by atoms with Crippen LogP contribution in [0.3, 0.4) is 0 Å². The van der Waals surface area contributed by atoms with Crippen LogP contribution in [-0.2, 0) is 16.7 Å². The fraction of sp³-hybridized carbons (Fsp3) is 0.524. The summed E-state index contributed by atoms with van der Waals surface area (Å²) in [5.74, 6) is 1.82. The molecular formula is C21H31N5OS. The van der Waals surface area contributed by atoms with Crippen molar-refractivity contribution in [3.05, 3.63) is 46.3 Å². The molecule has 0 spiro atoms. The number of guanidine groups is 1. The van der Waals surface area contributed by atoms with Gasteiger partial charge in [0.2, 0.25) is 0 Å². The normalized spacial score (nSPS) is 18.2. The number of anilines is 1. The van der Waals surface area contributed by atoms with E-state index in [2.05, 4.69) is 69.9 Å². The summed E-state index contributed by atoms with van der Waals surface area (Å²) in [4.78, 5) is 12.6. The predicted octanol–water partition coefficient (Wildman–Crippen LogP) is 3.01. The van der Waals surface area contributed by atoms with Gasteiger partial charge in [-0.2, -0.15) is 0 Å². The maximum atomic E-state index is 5.63. The zero-order chi connectivity index (χ0) is 20.0. The number of nitrogens with one attached hydrogen (secondary N) is 2. The first-order valence-electron chi connectivity index (χ1n) is 9.78.